The van der Waals surface area contributed by atoms with E-state index >= 15 is 0 Å². The number of hydrogen-bond donors (Lipinski definition) is 0. The normalized spacial score (nSPS) is 11.7. The molecule has 0 atom stereocenters. The van der Waals surface area contributed by atoms with E-state index in [-0.39, 0.29) is 24.4 Å². The summed E-state index contributed by atoms with van der Waals surface area (Å²) in [6.45, 7) is 12.9. The van der Waals surface area contributed by atoms with E-state index in [1.807, 2.05) is 46.0 Å². The lowest BCUT2D eigenvalue weighted by molar-refractivity contribution is -0.130. The van der Waals surface area contributed by atoms with Crippen LogP contribution in [0.1, 0.15) is 69.7 Å². The Morgan fingerprint density at radius 3 is 2.17 bits per heavy atom. The highest BCUT2D eigenvalue weighted by atomic mass is 16.5. The summed E-state index contributed by atoms with van der Waals surface area (Å²) >= 11 is 0. The van der Waals surface area contributed by atoms with E-state index < -0.39 is 5.41 Å². The van der Waals surface area contributed by atoms with Crippen LogP contribution in [0.3, 0.4) is 0 Å². The van der Waals surface area contributed by atoms with Crippen molar-refractivity contribution in [2.45, 2.75) is 66.4 Å². The second-order valence-electron chi connectivity index (χ2n) is 10.3. The number of benzene rings is 2. The molecule has 5 nitrogen and oxygen atoms in total. The fourth-order valence-corrected chi connectivity index (χ4v) is 4.54. The number of rotatable bonds is 11. The first-order valence-corrected chi connectivity index (χ1v) is 12.5. The number of carbonyl (C=O) groups is 2. The van der Waals surface area contributed by atoms with Crippen molar-refractivity contribution in [3.8, 4) is 16.9 Å². The smallest absolute Gasteiger partial charge is 0.293 e. The van der Waals surface area contributed by atoms with Gasteiger partial charge in [0.25, 0.3) is 6.47 Å². The highest BCUT2D eigenvalue weighted by molar-refractivity contribution is 5.85. The molecular formula is C31H37NO4. The van der Waals surface area contributed by atoms with Gasteiger partial charge in [-0.3, -0.25) is 14.6 Å². The van der Waals surface area contributed by atoms with Crippen molar-refractivity contribution in [3.63, 3.8) is 0 Å². The zero-order chi connectivity index (χ0) is 26.3. The summed E-state index contributed by atoms with van der Waals surface area (Å²) in [6.07, 6.45) is 5.42. The minimum absolute atomic E-state index is 0.0785. The van der Waals surface area contributed by atoms with Crippen molar-refractivity contribution in [1.82, 2.24) is 4.98 Å². The molecule has 36 heavy (non-hydrogen) atoms. The summed E-state index contributed by atoms with van der Waals surface area (Å²) in [7, 11) is 0. The molecule has 0 aliphatic carbocycles. The average molecular weight is 488 g/mol. The predicted octanol–water partition coefficient (Wildman–Crippen LogP) is 6.83. The van der Waals surface area contributed by atoms with Crippen LogP contribution >= 0.6 is 0 Å². The second-order valence-corrected chi connectivity index (χ2v) is 10.3. The number of ketones is 1. The van der Waals surface area contributed by atoms with Crippen molar-refractivity contribution in [2.24, 2.45) is 5.41 Å². The van der Waals surface area contributed by atoms with Crippen molar-refractivity contribution >= 4 is 12.3 Å². The van der Waals surface area contributed by atoms with Gasteiger partial charge in [-0.05, 0) is 54.2 Å². The van der Waals surface area contributed by atoms with Crippen LogP contribution in [-0.2, 0) is 26.3 Å². The number of pyridine rings is 1. The Kier molecular flexibility index (Phi) is 8.67. The monoisotopic (exact) mass is 487 g/mol. The third-order valence-electron chi connectivity index (χ3n) is 7.01. The van der Waals surface area contributed by atoms with Gasteiger partial charge in [-0.25, -0.2) is 0 Å². The molecular weight excluding hydrogens is 450 g/mol. The van der Waals surface area contributed by atoms with E-state index in [4.69, 9.17) is 9.47 Å². The maximum absolute atomic E-state index is 12.3. The SMILES string of the molecule is CCC(CC)(c1ccc(-c2cncc(COC=O)c2)cc1)c1ccc(OCC(=O)C(C)(C)C)c(C)c1. The van der Waals surface area contributed by atoms with Gasteiger partial charge < -0.3 is 9.47 Å². The van der Waals surface area contributed by atoms with Gasteiger partial charge in [-0.1, -0.05) is 71.0 Å². The highest BCUT2D eigenvalue weighted by Gasteiger charge is 2.31. The lowest BCUT2D eigenvalue weighted by Gasteiger charge is -2.34. The number of aromatic nitrogens is 1. The average Bonchev–Trinajstić information content (AvgIpc) is 2.88. The van der Waals surface area contributed by atoms with Crippen LogP contribution in [0.4, 0.5) is 0 Å². The van der Waals surface area contributed by atoms with Crippen LogP contribution in [0.15, 0.2) is 60.9 Å². The molecule has 0 saturated heterocycles. The van der Waals surface area contributed by atoms with E-state index in [0.717, 1.165) is 40.8 Å². The molecule has 0 unspecified atom stereocenters. The Morgan fingerprint density at radius 1 is 0.917 bits per heavy atom. The first-order chi connectivity index (χ1) is 17.1. The zero-order valence-electron chi connectivity index (χ0n) is 22.3. The summed E-state index contributed by atoms with van der Waals surface area (Å²) in [5.74, 6) is 0.832. The van der Waals surface area contributed by atoms with Gasteiger partial charge in [0.15, 0.2) is 5.78 Å². The van der Waals surface area contributed by atoms with E-state index in [0.29, 0.717) is 6.47 Å². The first-order valence-electron chi connectivity index (χ1n) is 12.5. The summed E-state index contributed by atoms with van der Waals surface area (Å²) in [5.41, 5.74) is 5.85. The number of aryl methyl sites for hydroxylation is 1. The molecule has 0 bridgehead atoms. The Labute approximate surface area is 214 Å². The summed E-state index contributed by atoms with van der Waals surface area (Å²) in [5, 5.41) is 0. The third-order valence-corrected chi connectivity index (χ3v) is 7.01. The Balaban J connectivity index is 1.87. The molecule has 1 heterocycles. The van der Waals surface area contributed by atoms with Gasteiger partial charge in [-0.15, -0.1) is 0 Å². The lowest BCUT2D eigenvalue weighted by atomic mass is 9.70. The molecule has 0 saturated carbocycles. The maximum Gasteiger partial charge on any atom is 0.293 e. The third kappa shape index (κ3) is 6.01. The fourth-order valence-electron chi connectivity index (χ4n) is 4.54. The highest BCUT2D eigenvalue weighted by Crippen LogP contribution is 2.41. The van der Waals surface area contributed by atoms with Gasteiger partial charge in [0.2, 0.25) is 0 Å². The number of carbonyl (C=O) groups excluding carboxylic acids is 2. The minimum Gasteiger partial charge on any atom is -0.486 e. The van der Waals surface area contributed by atoms with Crippen LogP contribution in [0.5, 0.6) is 5.75 Å². The summed E-state index contributed by atoms with van der Waals surface area (Å²) in [4.78, 5) is 27.1. The van der Waals surface area contributed by atoms with Crippen molar-refractivity contribution in [3.05, 3.63) is 83.2 Å². The van der Waals surface area contributed by atoms with E-state index in [1.54, 1.807) is 6.20 Å². The van der Waals surface area contributed by atoms with Crippen LogP contribution in [-0.4, -0.2) is 23.8 Å². The number of Topliss-reactive ketones (excluding diaryl/α,β-unsaturated/α-hetero) is 1. The summed E-state index contributed by atoms with van der Waals surface area (Å²) in [6, 6.07) is 16.9. The molecule has 0 fully saturated rings. The molecule has 190 valence electrons. The number of nitrogens with zero attached hydrogens (tertiary/aromatic N) is 1. The van der Waals surface area contributed by atoms with Crippen molar-refractivity contribution in [1.29, 1.82) is 0 Å². The molecule has 0 amide bonds. The molecule has 5 heteroatoms. The molecule has 3 rings (SSSR count). The maximum atomic E-state index is 12.3. The molecule has 0 radical (unpaired) electrons. The quantitative estimate of drug-likeness (QED) is 0.277. The van der Waals surface area contributed by atoms with Gasteiger partial charge in [-0.2, -0.15) is 0 Å². The van der Waals surface area contributed by atoms with E-state index in [9.17, 15) is 9.59 Å². The van der Waals surface area contributed by atoms with Crippen molar-refractivity contribution in [2.75, 3.05) is 6.61 Å². The Hall–Kier alpha value is -3.47. The Morgan fingerprint density at radius 2 is 1.58 bits per heavy atom. The lowest BCUT2D eigenvalue weighted by Crippen LogP contribution is -2.27. The number of hydrogen-bond acceptors (Lipinski definition) is 5. The van der Waals surface area contributed by atoms with Crippen LogP contribution in [0.2, 0.25) is 0 Å². The first kappa shape index (κ1) is 27.1. The van der Waals surface area contributed by atoms with E-state index in [2.05, 4.69) is 55.2 Å². The molecule has 0 aliphatic heterocycles. The van der Waals surface area contributed by atoms with Gasteiger partial charge in [0.05, 0.1) is 0 Å². The molecule has 2 aromatic carbocycles. The Bertz CT molecular complexity index is 1190. The second kappa shape index (κ2) is 11.5. The molecule has 0 N–H and O–H groups in total. The topological polar surface area (TPSA) is 65.5 Å². The predicted molar refractivity (Wildman–Crippen MR) is 143 cm³/mol. The van der Waals surface area contributed by atoms with Crippen LogP contribution in [0.25, 0.3) is 11.1 Å². The van der Waals surface area contributed by atoms with Gasteiger partial charge in [0.1, 0.15) is 19.0 Å². The van der Waals surface area contributed by atoms with Crippen molar-refractivity contribution < 1.29 is 19.1 Å². The zero-order valence-corrected chi connectivity index (χ0v) is 22.3. The largest absolute Gasteiger partial charge is 0.486 e. The van der Waals surface area contributed by atoms with E-state index in [1.165, 1.54) is 11.1 Å². The molecule has 0 spiro atoms. The minimum atomic E-state index is -0.416. The van der Waals surface area contributed by atoms with Gasteiger partial charge >= 0.3 is 0 Å². The summed E-state index contributed by atoms with van der Waals surface area (Å²) < 4.78 is 10.7. The number of ether oxygens (including phenoxy) is 2. The van der Waals surface area contributed by atoms with Crippen LogP contribution < -0.4 is 4.74 Å². The van der Waals surface area contributed by atoms with Crippen LogP contribution in [0, 0.1) is 12.3 Å². The molecule has 1 aromatic heterocycles. The standard InChI is InChI=1S/C31H37NO4/c1-7-31(8-2,27-13-14-28(22(3)15-27)36-20-29(34)30(4,5)6)26-11-9-24(10-12-26)25-16-23(17-32-18-25)19-35-21-33/h9-18,21H,7-8,19-20H2,1-6H3. The van der Waals surface area contributed by atoms with Gasteiger partial charge in [0, 0.05) is 34.4 Å². The fraction of sp³-hybridized carbons (Fsp3) is 0.387. The molecule has 0 aliphatic rings. The molecule has 3 aromatic rings.